The third-order valence-corrected chi connectivity index (χ3v) is 4.90. The van der Waals surface area contributed by atoms with Gasteiger partial charge in [-0.3, -0.25) is 4.79 Å². The van der Waals surface area contributed by atoms with Crippen molar-refractivity contribution in [3.8, 4) is 0 Å². The molecular weight excluding hydrogens is 406 g/mol. The van der Waals surface area contributed by atoms with Gasteiger partial charge in [0.2, 0.25) is 5.91 Å². The van der Waals surface area contributed by atoms with Crippen LogP contribution in [-0.2, 0) is 4.79 Å². The minimum Gasteiger partial charge on any atom is -0.399 e. The minimum absolute atomic E-state index is 0.0991. The van der Waals surface area contributed by atoms with Crippen molar-refractivity contribution in [3.05, 3.63) is 45.5 Å². The van der Waals surface area contributed by atoms with E-state index in [-0.39, 0.29) is 11.7 Å². The Bertz CT molecular complexity index is 637. The number of halogens is 2. The fraction of sp³-hybridized carbons (Fsp3) is 0.0769. The summed E-state index contributed by atoms with van der Waals surface area (Å²) in [7, 11) is 0. The summed E-state index contributed by atoms with van der Waals surface area (Å²) in [4.78, 5) is 16.1. The molecule has 0 radical (unpaired) electrons. The minimum atomic E-state index is -0.0991. The molecule has 1 heterocycles. The van der Waals surface area contributed by atoms with Gasteiger partial charge in [-0.15, -0.1) is 0 Å². The van der Waals surface area contributed by atoms with Gasteiger partial charge in [0, 0.05) is 20.8 Å². The van der Waals surface area contributed by atoms with E-state index in [0.29, 0.717) is 11.4 Å². The number of carbonyl (C=O) groups is 1. The number of hydrogen-bond donors (Lipinski definition) is 2. The topological polar surface area (TPSA) is 68.0 Å². The van der Waals surface area contributed by atoms with Crippen molar-refractivity contribution in [2.45, 2.75) is 5.03 Å². The molecule has 2 aromatic rings. The van der Waals surface area contributed by atoms with E-state index in [1.807, 2.05) is 12.1 Å². The molecule has 0 aliphatic heterocycles. The van der Waals surface area contributed by atoms with Gasteiger partial charge in [0.25, 0.3) is 0 Å². The molecule has 3 N–H and O–H groups in total. The lowest BCUT2D eigenvalue weighted by Crippen LogP contribution is -2.14. The quantitative estimate of drug-likeness (QED) is 0.585. The molecule has 4 nitrogen and oxygen atoms in total. The molecule has 20 heavy (non-hydrogen) atoms. The van der Waals surface area contributed by atoms with E-state index < -0.39 is 0 Å². The Morgan fingerprint density at radius 3 is 2.80 bits per heavy atom. The van der Waals surface area contributed by atoms with Crippen LogP contribution in [0.15, 0.2) is 50.5 Å². The number of amides is 1. The second kappa shape index (κ2) is 7.10. The monoisotopic (exact) mass is 415 g/mol. The highest BCUT2D eigenvalue weighted by Crippen LogP contribution is 2.27. The zero-order chi connectivity index (χ0) is 14.5. The van der Waals surface area contributed by atoms with Crippen LogP contribution in [0.5, 0.6) is 0 Å². The van der Waals surface area contributed by atoms with Crippen LogP contribution in [0, 0.1) is 0 Å². The Kier molecular flexibility index (Phi) is 5.45. The highest BCUT2D eigenvalue weighted by atomic mass is 79.9. The molecule has 0 aliphatic carbocycles. The molecule has 7 heteroatoms. The largest absolute Gasteiger partial charge is 0.399 e. The molecule has 0 fully saturated rings. The molecule has 2 rings (SSSR count). The predicted molar refractivity (Wildman–Crippen MR) is 89.8 cm³/mol. The van der Waals surface area contributed by atoms with Crippen LogP contribution in [-0.4, -0.2) is 16.6 Å². The van der Waals surface area contributed by atoms with Gasteiger partial charge in [-0.25, -0.2) is 4.98 Å². The number of anilines is 2. The fourth-order valence-corrected chi connectivity index (χ4v) is 3.21. The van der Waals surface area contributed by atoms with E-state index in [1.54, 1.807) is 24.4 Å². The van der Waals surface area contributed by atoms with E-state index in [2.05, 4.69) is 42.2 Å². The van der Waals surface area contributed by atoms with E-state index >= 15 is 0 Å². The molecule has 1 amide bonds. The molecule has 0 aliphatic rings. The van der Waals surface area contributed by atoms with Crippen molar-refractivity contribution in [3.63, 3.8) is 0 Å². The average Bonchev–Trinajstić information content (AvgIpc) is 2.41. The van der Waals surface area contributed by atoms with Gasteiger partial charge >= 0.3 is 0 Å². The van der Waals surface area contributed by atoms with E-state index in [9.17, 15) is 4.79 Å². The van der Waals surface area contributed by atoms with Crippen LogP contribution in [0.2, 0.25) is 0 Å². The molecule has 1 aromatic heterocycles. The molecule has 0 atom stereocenters. The first kappa shape index (κ1) is 15.3. The number of rotatable bonds is 4. The highest BCUT2D eigenvalue weighted by molar-refractivity contribution is 9.10. The van der Waals surface area contributed by atoms with Crippen LogP contribution in [0.25, 0.3) is 0 Å². The van der Waals surface area contributed by atoms with Gasteiger partial charge in [0.05, 0.1) is 11.4 Å². The predicted octanol–water partition coefficient (Wildman–Crippen LogP) is 3.92. The molecule has 104 valence electrons. The van der Waals surface area contributed by atoms with Crippen molar-refractivity contribution in [1.29, 1.82) is 0 Å². The van der Waals surface area contributed by atoms with Crippen molar-refractivity contribution in [2.75, 3.05) is 16.8 Å². The summed E-state index contributed by atoms with van der Waals surface area (Å²) in [6, 6.07) is 8.98. The van der Waals surface area contributed by atoms with Gasteiger partial charge in [-0.1, -0.05) is 11.8 Å². The molecule has 0 spiro atoms. The van der Waals surface area contributed by atoms with Crippen LogP contribution in [0.1, 0.15) is 0 Å². The molecule has 0 bridgehead atoms. The zero-order valence-electron chi connectivity index (χ0n) is 10.3. The molecule has 0 saturated carbocycles. The lowest BCUT2D eigenvalue weighted by molar-refractivity contribution is -0.113. The summed E-state index contributed by atoms with van der Waals surface area (Å²) in [6.07, 6.45) is 1.70. The van der Waals surface area contributed by atoms with Crippen LogP contribution in [0.3, 0.4) is 0 Å². The standard InChI is InChI=1S/C13H11Br2N3OS/c14-9-2-1-5-17-13(9)20-7-12(19)18-11-4-3-8(16)6-10(11)15/h1-6H,7,16H2,(H,18,19). The number of aromatic nitrogens is 1. The maximum Gasteiger partial charge on any atom is 0.234 e. The molecule has 0 saturated heterocycles. The molecule has 0 unspecified atom stereocenters. The first-order valence-corrected chi connectivity index (χ1v) is 8.21. The highest BCUT2D eigenvalue weighted by Gasteiger charge is 2.08. The first-order valence-electron chi connectivity index (χ1n) is 5.64. The Morgan fingerprint density at radius 2 is 2.10 bits per heavy atom. The van der Waals surface area contributed by atoms with Crippen molar-refractivity contribution in [1.82, 2.24) is 4.98 Å². The maximum absolute atomic E-state index is 11.9. The van der Waals surface area contributed by atoms with Crippen molar-refractivity contribution in [2.24, 2.45) is 0 Å². The van der Waals surface area contributed by atoms with Crippen LogP contribution < -0.4 is 11.1 Å². The molecular formula is C13H11Br2N3OS. The van der Waals surface area contributed by atoms with Gasteiger partial charge in [0.1, 0.15) is 5.03 Å². The number of hydrogen-bond acceptors (Lipinski definition) is 4. The SMILES string of the molecule is Nc1ccc(NC(=O)CSc2ncccc2Br)c(Br)c1. The smallest absolute Gasteiger partial charge is 0.234 e. The number of nitrogen functional groups attached to an aromatic ring is 1. The Morgan fingerprint density at radius 1 is 1.30 bits per heavy atom. The molecule has 1 aromatic carbocycles. The van der Waals surface area contributed by atoms with Gasteiger partial charge in [0.15, 0.2) is 0 Å². The van der Waals surface area contributed by atoms with Gasteiger partial charge in [-0.2, -0.15) is 0 Å². The van der Waals surface area contributed by atoms with E-state index in [1.165, 1.54) is 11.8 Å². The van der Waals surface area contributed by atoms with E-state index in [4.69, 9.17) is 5.73 Å². The normalized spacial score (nSPS) is 10.3. The lowest BCUT2D eigenvalue weighted by atomic mass is 10.3. The lowest BCUT2D eigenvalue weighted by Gasteiger charge is -2.08. The van der Waals surface area contributed by atoms with Crippen molar-refractivity contribution >= 4 is 60.9 Å². The number of thioether (sulfide) groups is 1. The zero-order valence-corrected chi connectivity index (χ0v) is 14.3. The Hall–Kier alpha value is -1.05. The summed E-state index contributed by atoms with van der Waals surface area (Å²) in [5.74, 6) is 0.185. The number of nitrogens with one attached hydrogen (secondary N) is 1. The number of carbonyl (C=O) groups excluding carboxylic acids is 1. The van der Waals surface area contributed by atoms with Crippen LogP contribution >= 0.6 is 43.6 Å². The van der Waals surface area contributed by atoms with E-state index in [0.717, 1.165) is 14.0 Å². The second-order valence-electron chi connectivity index (χ2n) is 3.87. The summed E-state index contributed by atoms with van der Waals surface area (Å²) in [5, 5.41) is 3.61. The number of nitrogens with two attached hydrogens (primary N) is 1. The van der Waals surface area contributed by atoms with Crippen molar-refractivity contribution < 1.29 is 4.79 Å². The van der Waals surface area contributed by atoms with Gasteiger partial charge < -0.3 is 11.1 Å². The Labute approximate surface area is 137 Å². The summed E-state index contributed by atoms with van der Waals surface area (Å²) in [5.41, 5.74) is 6.99. The summed E-state index contributed by atoms with van der Waals surface area (Å²) in [6.45, 7) is 0. The summed E-state index contributed by atoms with van der Waals surface area (Å²) >= 11 is 8.13. The fourth-order valence-electron chi connectivity index (χ4n) is 1.43. The van der Waals surface area contributed by atoms with Crippen LogP contribution in [0.4, 0.5) is 11.4 Å². The third-order valence-electron chi connectivity index (χ3n) is 2.33. The maximum atomic E-state index is 11.9. The number of nitrogens with zero attached hydrogens (tertiary/aromatic N) is 1. The average molecular weight is 417 g/mol. The van der Waals surface area contributed by atoms with Gasteiger partial charge in [-0.05, 0) is 62.2 Å². The number of pyridine rings is 1. The number of benzene rings is 1. The third kappa shape index (κ3) is 4.22. The first-order chi connectivity index (χ1) is 9.56. The summed E-state index contributed by atoms with van der Waals surface area (Å²) < 4.78 is 1.64. The second-order valence-corrected chi connectivity index (χ2v) is 6.54. The Balaban J connectivity index is 1.94.